The highest BCUT2D eigenvalue weighted by atomic mass is 16.2. The Morgan fingerprint density at radius 2 is 2.05 bits per heavy atom. The Morgan fingerprint density at radius 3 is 2.60 bits per heavy atom. The lowest BCUT2D eigenvalue weighted by molar-refractivity contribution is -0.132. The molecule has 0 aromatic carbocycles. The summed E-state index contributed by atoms with van der Waals surface area (Å²) in [5.41, 5.74) is 3.29. The molecule has 0 aliphatic heterocycles. The van der Waals surface area contributed by atoms with Crippen molar-refractivity contribution in [1.82, 2.24) is 20.0 Å². The van der Waals surface area contributed by atoms with E-state index in [4.69, 9.17) is 0 Å². The molecule has 0 aliphatic rings. The Labute approximate surface area is 122 Å². The molecule has 5 nitrogen and oxygen atoms in total. The van der Waals surface area contributed by atoms with Gasteiger partial charge in [0.15, 0.2) is 0 Å². The quantitative estimate of drug-likeness (QED) is 0.776. The van der Waals surface area contributed by atoms with Crippen LogP contribution in [0.5, 0.6) is 0 Å². The molecule has 5 heteroatoms. The number of likely N-dealkylation sites (N-methyl/N-ethyl adjacent to an activating group) is 1. The van der Waals surface area contributed by atoms with Crippen molar-refractivity contribution in [2.45, 2.75) is 60.2 Å². The first-order valence-corrected chi connectivity index (χ1v) is 7.37. The second-order valence-electron chi connectivity index (χ2n) is 5.58. The summed E-state index contributed by atoms with van der Waals surface area (Å²) in [6.45, 7) is 12.3. The Morgan fingerprint density at radius 1 is 1.40 bits per heavy atom. The van der Waals surface area contributed by atoms with E-state index in [1.54, 1.807) is 4.90 Å². The summed E-state index contributed by atoms with van der Waals surface area (Å²) in [6.07, 6.45) is 1.11. The van der Waals surface area contributed by atoms with Gasteiger partial charge < -0.3 is 10.2 Å². The molecule has 0 saturated carbocycles. The monoisotopic (exact) mass is 280 g/mol. The van der Waals surface area contributed by atoms with E-state index in [-0.39, 0.29) is 11.9 Å². The van der Waals surface area contributed by atoms with Gasteiger partial charge in [-0.25, -0.2) is 0 Å². The molecule has 0 aliphatic carbocycles. The number of nitrogens with one attached hydrogen (secondary N) is 1. The van der Waals surface area contributed by atoms with E-state index in [1.807, 2.05) is 39.4 Å². The molecule has 0 bridgehead atoms. The van der Waals surface area contributed by atoms with Gasteiger partial charge in [0.1, 0.15) is 6.54 Å². The third-order valence-electron chi connectivity index (χ3n) is 3.71. The van der Waals surface area contributed by atoms with E-state index in [0.717, 1.165) is 30.9 Å². The van der Waals surface area contributed by atoms with Gasteiger partial charge in [0.2, 0.25) is 5.91 Å². The molecule has 1 heterocycles. The molecule has 0 saturated heterocycles. The third-order valence-corrected chi connectivity index (χ3v) is 3.71. The predicted octanol–water partition coefficient (Wildman–Crippen LogP) is 1.87. The topological polar surface area (TPSA) is 50.2 Å². The van der Waals surface area contributed by atoms with E-state index in [9.17, 15) is 4.79 Å². The van der Waals surface area contributed by atoms with Gasteiger partial charge in [-0.15, -0.1) is 0 Å². The second kappa shape index (κ2) is 7.43. The highest BCUT2D eigenvalue weighted by Gasteiger charge is 2.17. The van der Waals surface area contributed by atoms with Crippen LogP contribution in [0.3, 0.4) is 0 Å². The summed E-state index contributed by atoms with van der Waals surface area (Å²) in [5.74, 6) is 0.0960. The molecule has 1 rings (SSSR count). The lowest BCUT2D eigenvalue weighted by atomic mass is 10.2. The molecule has 1 aromatic rings. The fraction of sp³-hybridized carbons (Fsp3) is 0.733. The van der Waals surface area contributed by atoms with E-state index in [0.29, 0.717) is 6.54 Å². The molecule has 20 heavy (non-hydrogen) atoms. The highest BCUT2D eigenvalue weighted by molar-refractivity contribution is 5.76. The minimum absolute atomic E-state index is 0.0960. The zero-order chi connectivity index (χ0) is 15.3. The lowest BCUT2D eigenvalue weighted by Crippen LogP contribution is -2.36. The van der Waals surface area contributed by atoms with E-state index in [2.05, 4.69) is 17.3 Å². The molecule has 0 spiro atoms. The maximum absolute atomic E-state index is 12.1. The molecule has 1 aromatic heterocycles. The number of nitrogens with zero attached hydrogens (tertiary/aromatic N) is 3. The summed E-state index contributed by atoms with van der Waals surface area (Å²) in [4.78, 5) is 13.9. The van der Waals surface area contributed by atoms with Crippen molar-refractivity contribution in [2.75, 3.05) is 13.6 Å². The normalized spacial score (nSPS) is 11.2. The van der Waals surface area contributed by atoms with Gasteiger partial charge >= 0.3 is 0 Å². The van der Waals surface area contributed by atoms with Crippen LogP contribution in [0.1, 0.15) is 44.1 Å². The number of hydrogen-bond donors (Lipinski definition) is 1. The second-order valence-corrected chi connectivity index (χ2v) is 5.58. The number of aromatic nitrogens is 2. The molecule has 1 N–H and O–H groups in total. The van der Waals surface area contributed by atoms with E-state index >= 15 is 0 Å². The minimum Gasteiger partial charge on any atom is -0.342 e. The average molecular weight is 280 g/mol. The first kappa shape index (κ1) is 16.7. The van der Waals surface area contributed by atoms with Crippen LogP contribution in [-0.2, 0) is 17.9 Å². The van der Waals surface area contributed by atoms with E-state index < -0.39 is 0 Å². The minimum atomic E-state index is 0.0960. The van der Waals surface area contributed by atoms with Crippen LogP contribution in [0.4, 0.5) is 0 Å². The number of amides is 1. The zero-order valence-electron chi connectivity index (χ0n) is 13.7. The summed E-state index contributed by atoms with van der Waals surface area (Å²) >= 11 is 0. The highest BCUT2D eigenvalue weighted by Crippen LogP contribution is 2.13. The maximum atomic E-state index is 12.1. The Bertz CT molecular complexity index is 451. The van der Waals surface area contributed by atoms with Crippen molar-refractivity contribution in [3.63, 3.8) is 0 Å². The van der Waals surface area contributed by atoms with Gasteiger partial charge in [0.25, 0.3) is 0 Å². The number of carbonyl (C=O) groups is 1. The van der Waals surface area contributed by atoms with Crippen LogP contribution in [0.15, 0.2) is 0 Å². The van der Waals surface area contributed by atoms with Gasteiger partial charge in [-0.05, 0) is 40.7 Å². The van der Waals surface area contributed by atoms with Crippen LogP contribution in [0.2, 0.25) is 0 Å². The standard InChI is InChI=1S/C15H28N4O/c1-7-8-16-9-14-12(4)17-19(13(14)5)10-15(20)18(6)11(2)3/h11,16H,7-10H2,1-6H3. The van der Waals surface area contributed by atoms with Crippen molar-refractivity contribution in [3.05, 3.63) is 17.0 Å². The maximum Gasteiger partial charge on any atom is 0.244 e. The van der Waals surface area contributed by atoms with Gasteiger partial charge in [0, 0.05) is 30.9 Å². The predicted molar refractivity (Wildman–Crippen MR) is 81.6 cm³/mol. The summed E-state index contributed by atoms with van der Waals surface area (Å²) in [7, 11) is 1.84. The fourth-order valence-corrected chi connectivity index (χ4v) is 2.06. The molecule has 0 fully saturated rings. The van der Waals surface area contributed by atoms with Gasteiger partial charge in [-0.2, -0.15) is 5.10 Å². The van der Waals surface area contributed by atoms with Gasteiger partial charge in [-0.1, -0.05) is 6.92 Å². The SMILES string of the molecule is CCCNCc1c(C)nn(CC(=O)N(C)C(C)C)c1C. The fourth-order valence-electron chi connectivity index (χ4n) is 2.06. The summed E-state index contributed by atoms with van der Waals surface area (Å²) in [5, 5.41) is 7.89. The third kappa shape index (κ3) is 4.07. The molecule has 0 unspecified atom stereocenters. The van der Waals surface area contributed by atoms with Crippen LogP contribution in [0.25, 0.3) is 0 Å². The molecular weight excluding hydrogens is 252 g/mol. The van der Waals surface area contributed by atoms with Crippen molar-refractivity contribution < 1.29 is 4.79 Å². The van der Waals surface area contributed by atoms with Crippen LogP contribution in [-0.4, -0.2) is 40.2 Å². The van der Waals surface area contributed by atoms with Crippen molar-refractivity contribution in [2.24, 2.45) is 0 Å². The molecular formula is C15H28N4O. The van der Waals surface area contributed by atoms with E-state index in [1.165, 1.54) is 5.56 Å². The number of carbonyl (C=O) groups excluding carboxylic acids is 1. The van der Waals surface area contributed by atoms with Gasteiger partial charge in [-0.3, -0.25) is 9.48 Å². The average Bonchev–Trinajstić information content (AvgIpc) is 2.65. The molecule has 0 radical (unpaired) electrons. The first-order valence-electron chi connectivity index (χ1n) is 7.37. The first-order chi connectivity index (χ1) is 9.38. The van der Waals surface area contributed by atoms with Crippen LogP contribution in [0, 0.1) is 13.8 Å². The van der Waals surface area contributed by atoms with Crippen LogP contribution >= 0.6 is 0 Å². The number of rotatable bonds is 7. The molecule has 0 atom stereocenters. The van der Waals surface area contributed by atoms with Crippen molar-refractivity contribution >= 4 is 5.91 Å². The Kier molecular flexibility index (Phi) is 6.20. The van der Waals surface area contributed by atoms with Crippen LogP contribution < -0.4 is 5.32 Å². The number of aryl methyl sites for hydroxylation is 1. The lowest BCUT2D eigenvalue weighted by Gasteiger charge is -2.21. The Hall–Kier alpha value is -1.36. The largest absolute Gasteiger partial charge is 0.342 e. The van der Waals surface area contributed by atoms with Crippen molar-refractivity contribution in [3.8, 4) is 0 Å². The smallest absolute Gasteiger partial charge is 0.244 e. The molecule has 1 amide bonds. The Balaban J connectivity index is 2.77. The van der Waals surface area contributed by atoms with Crippen molar-refractivity contribution in [1.29, 1.82) is 0 Å². The van der Waals surface area contributed by atoms with Gasteiger partial charge in [0.05, 0.1) is 5.69 Å². The zero-order valence-corrected chi connectivity index (χ0v) is 13.7. The summed E-state index contributed by atoms with van der Waals surface area (Å²) < 4.78 is 1.82. The number of hydrogen-bond acceptors (Lipinski definition) is 3. The molecule has 114 valence electrons. The summed E-state index contributed by atoms with van der Waals surface area (Å²) in [6, 6.07) is 0.213.